The zero-order valence-electron chi connectivity index (χ0n) is 13.1. The van der Waals surface area contributed by atoms with Crippen molar-refractivity contribution in [3.05, 3.63) is 12.2 Å². The molecule has 0 amide bonds. The van der Waals surface area contributed by atoms with Crippen LogP contribution in [0.25, 0.3) is 0 Å². The highest BCUT2D eigenvalue weighted by atomic mass is 32.2. The van der Waals surface area contributed by atoms with E-state index in [1.807, 2.05) is 13.8 Å². The normalized spacial score (nSPS) is 13.2. The molecule has 1 unspecified atom stereocenters. The van der Waals surface area contributed by atoms with Crippen LogP contribution in [0.15, 0.2) is 12.2 Å². The predicted molar refractivity (Wildman–Crippen MR) is 82.5 cm³/mol. The molecular weight excluding hydrogens is 276 g/mol. The molecule has 5 heteroatoms. The summed E-state index contributed by atoms with van der Waals surface area (Å²) in [5.41, 5.74) is -0.696. The van der Waals surface area contributed by atoms with Gasteiger partial charge < -0.3 is 9.84 Å². The van der Waals surface area contributed by atoms with Crippen molar-refractivity contribution < 1.29 is 19.4 Å². The lowest BCUT2D eigenvalue weighted by Gasteiger charge is -2.29. The van der Waals surface area contributed by atoms with E-state index in [1.54, 1.807) is 20.8 Å². The van der Waals surface area contributed by atoms with E-state index in [2.05, 4.69) is 6.58 Å². The molecule has 0 radical (unpaired) electrons. The number of rotatable bonds is 8. The maximum Gasteiger partial charge on any atom is 0.333 e. The van der Waals surface area contributed by atoms with Gasteiger partial charge in [-0.05, 0) is 33.1 Å². The SMILES string of the molecule is C=C(C)C(=O)OCCSC(=O)C(CC(C)C)C(C)(C)O. The fourth-order valence-corrected chi connectivity index (χ4v) is 2.60. The minimum Gasteiger partial charge on any atom is -0.461 e. The van der Waals surface area contributed by atoms with Gasteiger partial charge in [0, 0.05) is 11.3 Å². The first-order chi connectivity index (χ1) is 9.05. The summed E-state index contributed by atoms with van der Waals surface area (Å²) in [7, 11) is 0. The quantitative estimate of drug-likeness (QED) is 0.424. The average molecular weight is 302 g/mol. The summed E-state index contributed by atoms with van der Waals surface area (Å²) in [5.74, 6) is -0.136. The van der Waals surface area contributed by atoms with E-state index in [-0.39, 0.29) is 11.7 Å². The molecule has 0 aliphatic carbocycles. The van der Waals surface area contributed by atoms with Crippen molar-refractivity contribution in [1.82, 2.24) is 0 Å². The van der Waals surface area contributed by atoms with Crippen LogP contribution in [-0.2, 0) is 14.3 Å². The Kier molecular flexibility index (Phi) is 8.13. The van der Waals surface area contributed by atoms with Crippen LogP contribution in [0.3, 0.4) is 0 Å². The van der Waals surface area contributed by atoms with Gasteiger partial charge in [-0.1, -0.05) is 32.2 Å². The average Bonchev–Trinajstić information content (AvgIpc) is 2.29. The van der Waals surface area contributed by atoms with Crippen LogP contribution in [0.4, 0.5) is 0 Å². The van der Waals surface area contributed by atoms with E-state index in [9.17, 15) is 14.7 Å². The Morgan fingerprint density at radius 3 is 2.30 bits per heavy atom. The van der Waals surface area contributed by atoms with E-state index >= 15 is 0 Å². The van der Waals surface area contributed by atoms with Crippen LogP contribution >= 0.6 is 11.8 Å². The molecule has 20 heavy (non-hydrogen) atoms. The van der Waals surface area contributed by atoms with Crippen LogP contribution in [0.1, 0.15) is 41.0 Å². The summed E-state index contributed by atoms with van der Waals surface area (Å²) in [6.07, 6.45) is 0.640. The minimum atomic E-state index is -1.04. The molecular formula is C15H26O4S. The number of aliphatic hydroxyl groups is 1. The number of hydrogen-bond donors (Lipinski definition) is 1. The van der Waals surface area contributed by atoms with Crippen LogP contribution < -0.4 is 0 Å². The van der Waals surface area contributed by atoms with Crippen molar-refractivity contribution in [3.63, 3.8) is 0 Å². The molecule has 0 saturated heterocycles. The highest BCUT2D eigenvalue weighted by molar-refractivity contribution is 8.13. The Balaban J connectivity index is 4.28. The van der Waals surface area contributed by atoms with Gasteiger partial charge in [0.2, 0.25) is 0 Å². The third-order valence-electron chi connectivity index (χ3n) is 2.75. The van der Waals surface area contributed by atoms with E-state index < -0.39 is 17.5 Å². The number of thioether (sulfide) groups is 1. The molecule has 0 bridgehead atoms. The van der Waals surface area contributed by atoms with Gasteiger partial charge in [-0.2, -0.15) is 0 Å². The van der Waals surface area contributed by atoms with Gasteiger partial charge in [0.1, 0.15) is 6.61 Å². The van der Waals surface area contributed by atoms with Crippen LogP contribution in [0, 0.1) is 11.8 Å². The lowest BCUT2D eigenvalue weighted by Crippen LogP contribution is -2.36. The van der Waals surface area contributed by atoms with Crippen molar-refractivity contribution in [2.45, 2.75) is 46.6 Å². The molecule has 0 saturated carbocycles. The first-order valence-corrected chi connectivity index (χ1v) is 7.76. The Morgan fingerprint density at radius 2 is 1.90 bits per heavy atom. The summed E-state index contributed by atoms with van der Waals surface area (Å²) >= 11 is 1.10. The molecule has 0 aliphatic rings. The molecule has 0 aromatic heterocycles. The summed E-state index contributed by atoms with van der Waals surface area (Å²) in [6, 6.07) is 0. The molecule has 0 aromatic carbocycles. The highest BCUT2D eigenvalue weighted by Gasteiger charge is 2.33. The molecule has 4 nitrogen and oxygen atoms in total. The second kappa shape index (κ2) is 8.47. The Labute approximate surface area is 126 Å². The molecule has 116 valence electrons. The minimum absolute atomic E-state index is 0.0578. The van der Waals surface area contributed by atoms with Crippen molar-refractivity contribution >= 4 is 22.8 Å². The first-order valence-electron chi connectivity index (χ1n) is 6.77. The van der Waals surface area contributed by atoms with Crippen LogP contribution in [-0.4, -0.2) is 34.2 Å². The monoisotopic (exact) mass is 302 g/mol. The molecule has 0 spiro atoms. The number of hydrogen-bond acceptors (Lipinski definition) is 5. The fourth-order valence-electron chi connectivity index (χ4n) is 1.64. The van der Waals surface area contributed by atoms with Gasteiger partial charge in [-0.3, -0.25) is 4.79 Å². The third kappa shape index (κ3) is 7.70. The van der Waals surface area contributed by atoms with E-state index in [0.29, 0.717) is 23.7 Å². The maximum absolute atomic E-state index is 12.1. The topological polar surface area (TPSA) is 63.6 Å². The van der Waals surface area contributed by atoms with Gasteiger partial charge in [0.15, 0.2) is 5.12 Å². The van der Waals surface area contributed by atoms with Gasteiger partial charge in [0.05, 0.1) is 11.5 Å². The van der Waals surface area contributed by atoms with E-state index in [0.717, 1.165) is 11.8 Å². The molecule has 0 heterocycles. The van der Waals surface area contributed by atoms with Crippen molar-refractivity contribution in [3.8, 4) is 0 Å². The fraction of sp³-hybridized carbons (Fsp3) is 0.733. The Bertz CT molecular complexity index is 355. The second-order valence-electron chi connectivity index (χ2n) is 5.92. The maximum atomic E-state index is 12.1. The number of carbonyl (C=O) groups excluding carboxylic acids is 2. The lowest BCUT2D eigenvalue weighted by atomic mass is 9.85. The van der Waals surface area contributed by atoms with Gasteiger partial charge in [0.25, 0.3) is 0 Å². The smallest absolute Gasteiger partial charge is 0.333 e. The Hall–Kier alpha value is -0.810. The van der Waals surface area contributed by atoms with Crippen molar-refractivity contribution in [1.29, 1.82) is 0 Å². The highest BCUT2D eigenvalue weighted by Crippen LogP contribution is 2.29. The largest absolute Gasteiger partial charge is 0.461 e. The van der Waals surface area contributed by atoms with Crippen molar-refractivity contribution in [2.75, 3.05) is 12.4 Å². The molecule has 1 atom stereocenters. The number of ether oxygens (including phenoxy) is 1. The number of esters is 1. The van der Waals surface area contributed by atoms with Gasteiger partial charge in [-0.15, -0.1) is 0 Å². The molecule has 0 rings (SSSR count). The van der Waals surface area contributed by atoms with E-state index in [4.69, 9.17) is 4.74 Å². The zero-order valence-corrected chi connectivity index (χ0v) is 13.9. The molecule has 1 N–H and O–H groups in total. The summed E-state index contributed by atoms with van der Waals surface area (Å²) in [4.78, 5) is 23.3. The number of carbonyl (C=O) groups is 2. The van der Waals surface area contributed by atoms with Crippen LogP contribution in [0.2, 0.25) is 0 Å². The lowest BCUT2D eigenvalue weighted by molar-refractivity contribution is -0.138. The third-order valence-corrected chi connectivity index (χ3v) is 3.69. The summed E-state index contributed by atoms with van der Waals surface area (Å²) in [6.45, 7) is 12.6. The van der Waals surface area contributed by atoms with E-state index in [1.165, 1.54) is 0 Å². The summed E-state index contributed by atoms with van der Waals surface area (Å²) in [5, 5.41) is 10.0. The van der Waals surface area contributed by atoms with Gasteiger partial charge in [-0.25, -0.2) is 4.79 Å². The molecule has 0 aromatic rings. The predicted octanol–water partition coefficient (Wildman–Crippen LogP) is 2.80. The van der Waals surface area contributed by atoms with Crippen molar-refractivity contribution in [2.24, 2.45) is 11.8 Å². The second-order valence-corrected chi connectivity index (χ2v) is 7.02. The molecule has 0 fully saturated rings. The first kappa shape index (κ1) is 19.2. The zero-order chi connectivity index (χ0) is 15.9. The molecule has 0 aliphatic heterocycles. The van der Waals surface area contributed by atoms with Gasteiger partial charge >= 0.3 is 5.97 Å². The van der Waals surface area contributed by atoms with Crippen LogP contribution in [0.5, 0.6) is 0 Å². The Morgan fingerprint density at radius 1 is 1.35 bits per heavy atom. The standard InChI is InChI=1S/C15H26O4S/c1-10(2)9-12(15(5,6)18)14(17)20-8-7-19-13(16)11(3)4/h10,12,18H,3,7-9H2,1-2,4-6H3. The summed E-state index contributed by atoms with van der Waals surface area (Å²) < 4.78 is 4.93.